The van der Waals surface area contributed by atoms with Crippen LogP contribution in [0.1, 0.15) is 53.7 Å². The maximum Gasteiger partial charge on any atom is 0.287 e. The fourth-order valence-corrected chi connectivity index (χ4v) is 2.92. The fraction of sp³-hybridized carbons (Fsp3) is 0.471. The van der Waals surface area contributed by atoms with Crippen LogP contribution >= 0.6 is 0 Å². The van der Waals surface area contributed by atoms with Gasteiger partial charge in [0.25, 0.3) is 11.8 Å². The molecule has 0 spiro atoms. The second-order valence-electron chi connectivity index (χ2n) is 5.85. The SMILES string of the molecule is CCCNC(=O)c1nc(C(=O)N2CCCCC2)c2ccccn12. The lowest BCUT2D eigenvalue weighted by Gasteiger charge is -2.25. The molecule has 0 radical (unpaired) electrons. The van der Waals surface area contributed by atoms with Crippen molar-refractivity contribution in [2.24, 2.45) is 0 Å². The molecule has 122 valence electrons. The van der Waals surface area contributed by atoms with Gasteiger partial charge < -0.3 is 10.2 Å². The zero-order chi connectivity index (χ0) is 16.2. The van der Waals surface area contributed by atoms with E-state index in [1.54, 1.807) is 10.6 Å². The highest BCUT2D eigenvalue weighted by Gasteiger charge is 2.25. The van der Waals surface area contributed by atoms with E-state index in [4.69, 9.17) is 0 Å². The van der Waals surface area contributed by atoms with E-state index < -0.39 is 0 Å². The minimum absolute atomic E-state index is 0.0806. The van der Waals surface area contributed by atoms with Crippen LogP contribution in [0.2, 0.25) is 0 Å². The third kappa shape index (κ3) is 3.06. The molecule has 1 N–H and O–H groups in total. The number of carbonyl (C=O) groups excluding carboxylic acids is 2. The molecule has 3 heterocycles. The van der Waals surface area contributed by atoms with Crippen molar-refractivity contribution >= 4 is 17.3 Å². The predicted octanol–water partition coefficient (Wildman–Crippen LogP) is 2.10. The van der Waals surface area contributed by atoms with Gasteiger partial charge in [0.2, 0.25) is 5.82 Å². The molecule has 0 aliphatic carbocycles. The summed E-state index contributed by atoms with van der Waals surface area (Å²) in [7, 11) is 0. The van der Waals surface area contributed by atoms with Gasteiger partial charge in [-0.3, -0.25) is 14.0 Å². The van der Waals surface area contributed by atoms with E-state index in [-0.39, 0.29) is 17.6 Å². The lowest BCUT2D eigenvalue weighted by Crippen LogP contribution is -2.36. The van der Waals surface area contributed by atoms with Crippen LogP contribution in [0.4, 0.5) is 0 Å². The molecule has 23 heavy (non-hydrogen) atoms. The minimum Gasteiger partial charge on any atom is -0.349 e. The van der Waals surface area contributed by atoms with Crippen molar-refractivity contribution in [2.75, 3.05) is 19.6 Å². The van der Waals surface area contributed by atoms with Crippen LogP contribution < -0.4 is 5.32 Å². The summed E-state index contributed by atoms with van der Waals surface area (Å²) in [6.07, 6.45) is 5.85. The summed E-state index contributed by atoms with van der Waals surface area (Å²) in [4.78, 5) is 31.3. The van der Waals surface area contributed by atoms with Gasteiger partial charge in [0.05, 0.1) is 5.52 Å². The van der Waals surface area contributed by atoms with Gasteiger partial charge in [0.1, 0.15) is 0 Å². The molecule has 0 atom stereocenters. The van der Waals surface area contributed by atoms with Crippen LogP contribution in [-0.2, 0) is 0 Å². The van der Waals surface area contributed by atoms with E-state index in [2.05, 4.69) is 10.3 Å². The van der Waals surface area contributed by atoms with Gasteiger partial charge in [-0.25, -0.2) is 4.98 Å². The van der Waals surface area contributed by atoms with E-state index in [9.17, 15) is 9.59 Å². The third-order valence-corrected chi connectivity index (χ3v) is 4.13. The fourth-order valence-electron chi connectivity index (χ4n) is 2.92. The second-order valence-corrected chi connectivity index (χ2v) is 5.85. The first-order chi connectivity index (χ1) is 11.2. The second kappa shape index (κ2) is 6.81. The molecule has 2 aromatic heterocycles. The lowest BCUT2D eigenvalue weighted by atomic mass is 10.1. The first-order valence-corrected chi connectivity index (χ1v) is 8.27. The number of nitrogens with zero attached hydrogens (tertiary/aromatic N) is 3. The van der Waals surface area contributed by atoms with E-state index in [0.717, 1.165) is 32.4 Å². The van der Waals surface area contributed by atoms with Crippen molar-refractivity contribution in [2.45, 2.75) is 32.6 Å². The molecule has 6 heteroatoms. The number of hydrogen-bond donors (Lipinski definition) is 1. The average Bonchev–Trinajstić information content (AvgIpc) is 2.99. The van der Waals surface area contributed by atoms with Crippen LogP contribution in [-0.4, -0.2) is 45.7 Å². The summed E-state index contributed by atoms with van der Waals surface area (Å²) in [5.74, 6) is -0.0527. The zero-order valence-corrected chi connectivity index (χ0v) is 13.4. The number of imidazole rings is 1. The number of hydrogen-bond acceptors (Lipinski definition) is 3. The maximum absolute atomic E-state index is 12.8. The molecule has 3 rings (SSSR count). The zero-order valence-electron chi connectivity index (χ0n) is 13.4. The summed E-state index contributed by atoms with van der Waals surface area (Å²) < 4.78 is 1.70. The molecule has 2 aromatic rings. The molecule has 1 saturated heterocycles. The van der Waals surface area contributed by atoms with Crippen molar-refractivity contribution in [3.05, 3.63) is 35.9 Å². The minimum atomic E-state index is -0.245. The number of amides is 2. The number of aromatic nitrogens is 2. The van der Waals surface area contributed by atoms with Crippen molar-refractivity contribution in [3.63, 3.8) is 0 Å². The number of pyridine rings is 1. The molecule has 0 bridgehead atoms. The quantitative estimate of drug-likeness (QED) is 0.940. The number of fused-ring (bicyclic) bond motifs is 1. The van der Waals surface area contributed by atoms with Crippen molar-refractivity contribution in [1.29, 1.82) is 0 Å². The number of carbonyl (C=O) groups is 2. The predicted molar refractivity (Wildman–Crippen MR) is 87.6 cm³/mol. The number of nitrogens with one attached hydrogen (secondary N) is 1. The normalized spacial score (nSPS) is 14.9. The Morgan fingerprint density at radius 3 is 2.74 bits per heavy atom. The number of likely N-dealkylation sites (tertiary alicyclic amines) is 1. The van der Waals surface area contributed by atoms with Crippen molar-refractivity contribution in [1.82, 2.24) is 19.6 Å². The van der Waals surface area contributed by atoms with Crippen LogP contribution in [0.25, 0.3) is 5.52 Å². The molecule has 0 unspecified atom stereocenters. The molecule has 6 nitrogen and oxygen atoms in total. The van der Waals surface area contributed by atoms with Gasteiger partial charge in [0.15, 0.2) is 5.69 Å². The Bertz CT molecular complexity index is 716. The summed E-state index contributed by atoms with van der Waals surface area (Å²) in [5, 5.41) is 2.83. The Morgan fingerprint density at radius 1 is 1.22 bits per heavy atom. The Labute approximate surface area is 135 Å². The molecule has 2 amide bonds. The lowest BCUT2D eigenvalue weighted by molar-refractivity contribution is 0.0721. The smallest absolute Gasteiger partial charge is 0.287 e. The molecule has 0 saturated carbocycles. The van der Waals surface area contributed by atoms with E-state index in [1.807, 2.05) is 30.0 Å². The largest absolute Gasteiger partial charge is 0.349 e. The van der Waals surface area contributed by atoms with Crippen LogP contribution in [0, 0.1) is 0 Å². The monoisotopic (exact) mass is 314 g/mol. The van der Waals surface area contributed by atoms with Gasteiger partial charge in [-0.2, -0.15) is 0 Å². The van der Waals surface area contributed by atoms with Crippen LogP contribution in [0.15, 0.2) is 24.4 Å². The third-order valence-electron chi connectivity index (χ3n) is 4.13. The highest BCUT2D eigenvalue weighted by molar-refractivity contribution is 6.02. The van der Waals surface area contributed by atoms with Gasteiger partial charge in [-0.05, 0) is 37.8 Å². The highest BCUT2D eigenvalue weighted by Crippen LogP contribution is 2.18. The Kier molecular flexibility index (Phi) is 4.60. The van der Waals surface area contributed by atoms with Crippen LogP contribution in [0.3, 0.4) is 0 Å². The molecular weight excluding hydrogens is 292 g/mol. The van der Waals surface area contributed by atoms with Crippen molar-refractivity contribution in [3.8, 4) is 0 Å². The molecule has 0 aromatic carbocycles. The van der Waals surface area contributed by atoms with Gasteiger partial charge >= 0.3 is 0 Å². The van der Waals surface area contributed by atoms with E-state index >= 15 is 0 Å². The summed E-state index contributed by atoms with van der Waals surface area (Å²) >= 11 is 0. The average molecular weight is 314 g/mol. The number of piperidine rings is 1. The summed E-state index contributed by atoms with van der Waals surface area (Å²) in [6, 6.07) is 5.53. The first kappa shape index (κ1) is 15.5. The van der Waals surface area contributed by atoms with Gasteiger partial charge in [0, 0.05) is 25.8 Å². The Balaban J connectivity index is 1.97. The maximum atomic E-state index is 12.8. The van der Waals surface area contributed by atoms with Gasteiger partial charge in [-0.15, -0.1) is 0 Å². The van der Waals surface area contributed by atoms with Crippen LogP contribution in [0.5, 0.6) is 0 Å². The standard InChI is InChI=1S/C17H22N4O2/c1-2-9-18-16(22)15-19-14(13-8-4-7-12-21(13)15)17(23)20-10-5-3-6-11-20/h4,7-8,12H,2-3,5-6,9-11H2,1H3,(H,18,22). The first-order valence-electron chi connectivity index (χ1n) is 8.27. The Hall–Kier alpha value is -2.37. The molecular formula is C17H22N4O2. The van der Waals surface area contributed by atoms with Crippen molar-refractivity contribution < 1.29 is 9.59 Å². The molecule has 1 fully saturated rings. The Morgan fingerprint density at radius 2 is 2.00 bits per heavy atom. The highest BCUT2D eigenvalue weighted by atomic mass is 16.2. The molecule has 1 aliphatic rings. The summed E-state index contributed by atoms with van der Waals surface area (Å²) in [5.41, 5.74) is 1.05. The van der Waals surface area contributed by atoms with E-state index in [1.165, 1.54) is 6.42 Å². The number of rotatable bonds is 4. The van der Waals surface area contributed by atoms with E-state index in [0.29, 0.717) is 17.8 Å². The summed E-state index contributed by atoms with van der Waals surface area (Å²) in [6.45, 7) is 4.12. The topological polar surface area (TPSA) is 66.7 Å². The molecule has 1 aliphatic heterocycles. The van der Waals surface area contributed by atoms with Gasteiger partial charge in [-0.1, -0.05) is 13.0 Å².